The molecule has 18 heavy (non-hydrogen) atoms. The summed E-state index contributed by atoms with van der Waals surface area (Å²) in [5.74, 6) is -0.390. The second-order valence-electron chi connectivity index (χ2n) is 4.00. The molecule has 1 atom stereocenters. The number of fused-ring (bicyclic) bond motifs is 1. The summed E-state index contributed by atoms with van der Waals surface area (Å²) in [5.41, 5.74) is 2.07. The Morgan fingerprint density at radius 1 is 1.50 bits per heavy atom. The first-order valence-electron chi connectivity index (χ1n) is 5.36. The Morgan fingerprint density at radius 2 is 2.33 bits per heavy atom. The fraction of sp³-hybridized carbons (Fsp3) is 0.167. The molecular formula is C12H10N2O3S. The van der Waals surface area contributed by atoms with Crippen LogP contribution >= 0.6 is 11.8 Å². The third kappa shape index (κ3) is 1.89. The van der Waals surface area contributed by atoms with Crippen LogP contribution in [0.3, 0.4) is 0 Å². The van der Waals surface area contributed by atoms with Gasteiger partial charge in [-0.25, -0.2) is 4.98 Å². The molecule has 0 saturated carbocycles. The normalized spacial score (nSPS) is 17.7. The lowest BCUT2D eigenvalue weighted by molar-refractivity contribution is -0.123. The van der Waals surface area contributed by atoms with Crippen molar-refractivity contribution >= 4 is 23.4 Å². The number of carbonyl (C=O) groups excluding carboxylic acids is 1. The maximum absolute atomic E-state index is 11.3. The molecule has 1 aliphatic rings. The van der Waals surface area contributed by atoms with Gasteiger partial charge in [0.2, 0.25) is 0 Å². The Bertz CT molecular complexity index is 624. The second kappa shape index (κ2) is 4.15. The first-order chi connectivity index (χ1) is 8.63. The molecule has 0 spiro atoms. The molecule has 1 unspecified atom stereocenters. The fourth-order valence-corrected chi connectivity index (χ4v) is 2.57. The van der Waals surface area contributed by atoms with E-state index in [2.05, 4.69) is 10.3 Å². The second-order valence-corrected chi connectivity index (χ2v) is 5.02. The fourth-order valence-electron chi connectivity index (χ4n) is 1.77. The minimum absolute atomic E-state index is 0.390. The molecule has 0 aliphatic carbocycles. The highest BCUT2D eigenvalue weighted by Gasteiger charge is 2.28. The monoisotopic (exact) mass is 262 g/mol. The summed E-state index contributed by atoms with van der Waals surface area (Å²) in [6, 6.07) is 5.36. The molecule has 0 saturated heterocycles. The van der Waals surface area contributed by atoms with Crippen LogP contribution in [-0.4, -0.2) is 16.0 Å². The van der Waals surface area contributed by atoms with Gasteiger partial charge in [0.1, 0.15) is 6.26 Å². The van der Waals surface area contributed by atoms with Gasteiger partial charge < -0.3 is 14.8 Å². The summed E-state index contributed by atoms with van der Waals surface area (Å²) < 4.78 is 5.24. The lowest BCUT2D eigenvalue weighted by Gasteiger charge is -2.02. The van der Waals surface area contributed by atoms with Gasteiger partial charge in [0.15, 0.2) is 6.10 Å². The zero-order valence-corrected chi connectivity index (χ0v) is 10.3. The zero-order chi connectivity index (χ0) is 12.7. The summed E-state index contributed by atoms with van der Waals surface area (Å²) in [6.07, 6.45) is 0.518. The van der Waals surface area contributed by atoms with Crippen LogP contribution in [0.5, 0.6) is 0 Å². The smallest absolute Gasteiger partial charge is 0.260 e. The Hall–Kier alpha value is -1.79. The van der Waals surface area contributed by atoms with E-state index in [-0.39, 0.29) is 5.91 Å². The van der Waals surface area contributed by atoms with Gasteiger partial charge in [0, 0.05) is 16.1 Å². The predicted octanol–water partition coefficient (Wildman–Crippen LogP) is 2.12. The van der Waals surface area contributed by atoms with Gasteiger partial charge in [-0.1, -0.05) is 6.07 Å². The van der Waals surface area contributed by atoms with Crippen molar-refractivity contribution in [2.75, 3.05) is 5.32 Å². The maximum Gasteiger partial charge on any atom is 0.260 e. The number of hydrogen-bond donors (Lipinski definition) is 2. The van der Waals surface area contributed by atoms with Crippen LogP contribution in [0.4, 0.5) is 5.69 Å². The van der Waals surface area contributed by atoms with E-state index < -0.39 is 6.10 Å². The Balaban J connectivity index is 1.88. The molecule has 2 N–H and O–H groups in total. The number of amides is 1. The van der Waals surface area contributed by atoms with E-state index in [0.29, 0.717) is 16.5 Å². The quantitative estimate of drug-likeness (QED) is 0.867. The minimum Gasteiger partial charge on any atom is -0.439 e. The SMILES string of the molecule is Cc1coc(Sc2ccc3c(c2)NC(=O)C3O)n1. The van der Waals surface area contributed by atoms with Crippen LogP contribution in [0.15, 0.2) is 39.0 Å². The topological polar surface area (TPSA) is 75.4 Å². The van der Waals surface area contributed by atoms with Gasteiger partial charge in [0.05, 0.1) is 5.69 Å². The average Bonchev–Trinajstić information content (AvgIpc) is 2.85. The number of rotatable bonds is 2. The molecule has 5 nitrogen and oxygen atoms in total. The van der Waals surface area contributed by atoms with Crippen LogP contribution in [0.2, 0.25) is 0 Å². The minimum atomic E-state index is -1.07. The first-order valence-corrected chi connectivity index (χ1v) is 6.18. The van der Waals surface area contributed by atoms with Gasteiger partial charge in [-0.3, -0.25) is 4.79 Å². The van der Waals surface area contributed by atoms with E-state index in [9.17, 15) is 9.90 Å². The molecule has 1 amide bonds. The lowest BCUT2D eigenvalue weighted by atomic mass is 10.1. The lowest BCUT2D eigenvalue weighted by Crippen LogP contribution is -2.10. The zero-order valence-electron chi connectivity index (χ0n) is 9.51. The maximum atomic E-state index is 11.3. The molecule has 92 valence electrons. The number of nitrogens with zero attached hydrogens (tertiary/aromatic N) is 1. The van der Waals surface area contributed by atoms with Crippen molar-refractivity contribution in [1.29, 1.82) is 0 Å². The standard InChI is InChI=1S/C12H10N2O3S/c1-6-5-17-12(13-6)18-7-2-3-8-9(4-7)14-11(16)10(8)15/h2-5,10,15H,1H3,(H,14,16). The number of aryl methyl sites for hydroxylation is 1. The molecule has 2 aromatic rings. The number of aliphatic hydroxyl groups excluding tert-OH is 1. The van der Waals surface area contributed by atoms with E-state index in [1.807, 2.05) is 13.0 Å². The highest BCUT2D eigenvalue weighted by atomic mass is 32.2. The van der Waals surface area contributed by atoms with E-state index in [1.54, 1.807) is 18.4 Å². The number of carbonyl (C=O) groups is 1. The first kappa shape index (κ1) is 11.3. The van der Waals surface area contributed by atoms with Crippen molar-refractivity contribution in [3.63, 3.8) is 0 Å². The molecular weight excluding hydrogens is 252 g/mol. The third-order valence-corrected chi connectivity index (χ3v) is 3.48. The molecule has 6 heteroatoms. The Labute approximate surface area is 107 Å². The average molecular weight is 262 g/mol. The number of nitrogens with one attached hydrogen (secondary N) is 1. The van der Waals surface area contributed by atoms with Crippen molar-refractivity contribution in [2.24, 2.45) is 0 Å². The van der Waals surface area contributed by atoms with Crippen LogP contribution in [0.1, 0.15) is 17.4 Å². The van der Waals surface area contributed by atoms with Crippen molar-refractivity contribution < 1.29 is 14.3 Å². The van der Waals surface area contributed by atoms with Crippen molar-refractivity contribution in [3.05, 3.63) is 35.7 Å². The third-order valence-electron chi connectivity index (χ3n) is 2.63. The molecule has 1 aromatic carbocycles. The summed E-state index contributed by atoms with van der Waals surface area (Å²) in [5, 5.41) is 12.8. The van der Waals surface area contributed by atoms with Crippen molar-refractivity contribution in [3.8, 4) is 0 Å². The molecule has 0 fully saturated rings. The number of aromatic nitrogens is 1. The Kier molecular flexibility index (Phi) is 2.61. The molecule has 1 aliphatic heterocycles. The van der Waals surface area contributed by atoms with Crippen LogP contribution in [0, 0.1) is 6.92 Å². The number of anilines is 1. The van der Waals surface area contributed by atoms with E-state index >= 15 is 0 Å². The highest BCUT2D eigenvalue weighted by Crippen LogP contribution is 2.36. The number of oxazole rings is 1. The summed E-state index contributed by atoms with van der Waals surface area (Å²) in [6.45, 7) is 1.85. The van der Waals surface area contributed by atoms with Crippen LogP contribution < -0.4 is 5.32 Å². The van der Waals surface area contributed by atoms with Gasteiger partial charge in [0.25, 0.3) is 11.1 Å². The van der Waals surface area contributed by atoms with E-state index in [4.69, 9.17) is 4.42 Å². The molecule has 0 radical (unpaired) electrons. The number of aliphatic hydroxyl groups is 1. The molecule has 3 rings (SSSR count). The van der Waals surface area contributed by atoms with E-state index in [0.717, 1.165) is 10.6 Å². The number of hydrogen-bond acceptors (Lipinski definition) is 5. The summed E-state index contributed by atoms with van der Waals surface area (Å²) in [4.78, 5) is 16.4. The molecule has 1 aromatic heterocycles. The van der Waals surface area contributed by atoms with Crippen LogP contribution in [-0.2, 0) is 4.79 Å². The van der Waals surface area contributed by atoms with Crippen LogP contribution in [0.25, 0.3) is 0 Å². The Morgan fingerprint density at radius 3 is 3.06 bits per heavy atom. The summed E-state index contributed by atoms with van der Waals surface area (Å²) >= 11 is 1.37. The number of benzene rings is 1. The largest absolute Gasteiger partial charge is 0.439 e. The molecule has 0 bridgehead atoms. The predicted molar refractivity (Wildman–Crippen MR) is 65.4 cm³/mol. The van der Waals surface area contributed by atoms with E-state index in [1.165, 1.54) is 11.8 Å². The van der Waals surface area contributed by atoms with Crippen molar-refractivity contribution in [1.82, 2.24) is 4.98 Å². The van der Waals surface area contributed by atoms with Crippen molar-refractivity contribution in [2.45, 2.75) is 23.1 Å². The highest BCUT2D eigenvalue weighted by molar-refractivity contribution is 7.99. The van der Waals surface area contributed by atoms with Gasteiger partial charge in [-0.05, 0) is 30.8 Å². The van der Waals surface area contributed by atoms with Gasteiger partial charge in [-0.15, -0.1) is 0 Å². The molecule has 2 heterocycles. The summed E-state index contributed by atoms with van der Waals surface area (Å²) in [7, 11) is 0. The van der Waals surface area contributed by atoms with Gasteiger partial charge >= 0.3 is 0 Å². The van der Waals surface area contributed by atoms with Gasteiger partial charge in [-0.2, -0.15) is 0 Å².